The molecule has 1 aliphatic rings. The van der Waals surface area contributed by atoms with Gasteiger partial charge in [0.25, 0.3) is 0 Å². The van der Waals surface area contributed by atoms with Crippen LogP contribution in [-0.4, -0.2) is 49.2 Å². The Bertz CT molecular complexity index is 777. The summed E-state index contributed by atoms with van der Waals surface area (Å²) in [5.74, 6) is 1.52. The highest BCUT2D eigenvalue weighted by Gasteiger charge is 2.22. The fraction of sp³-hybridized carbons (Fsp3) is 0.278. The zero-order valence-corrected chi connectivity index (χ0v) is 14.0. The molecule has 2 aromatic rings. The predicted octanol–water partition coefficient (Wildman–Crippen LogP) is 2.32. The number of carbonyl (C=O) groups is 1. The zero-order chi connectivity index (χ0) is 17.6. The van der Waals surface area contributed by atoms with E-state index in [1.165, 1.54) is 0 Å². The highest BCUT2D eigenvalue weighted by molar-refractivity contribution is 5.89. The Balaban J connectivity index is 1.56. The third kappa shape index (κ3) is 3.98. The van der Waals surface area contributed by atoms with Crippen molar-refractivity contribution >= 4 is 17.5 Å². The van der Waals surface area contributed by atoms with Crippen molar-refractivity contribution in [1.29, 1.82) is 5.26 Å². The van der Waals surface area contributed by atoms with Gasteiger partial charge in [0.2, 0.25) is 0 Å². The standard InChI is InChI=1S/C18H19N5O2/c1-25-16-4-2-15(3-5-16)21-18(24)23-10-8-22(9-11-23)17-12-14(13-19)6-7-20-17/h2-7,12H,8-11H2,1H3,(H,21,24). The molecule has 0 saturated carbocycles. The molecule has 1 aliphatic heterocycles. The third-order valence-corrected chi connectivity index (χ3v) is 4.11. The average molecular weight is 337 g/mol. The van der Waals surface area contributed by atoms with Crippen molar-refractivity contribution in [3.8, 4) is 11.8 Å². The summed E-state index contributed by atoms with van der Waals surface area (Å²) in [5.41, 5.74) is 1.32. The number of benzene rings is 1. The summed E-state index contributed by atoms with van der Waals surface area (Å²) in [4.78, 5) is 20.5. The van der Waals surface area contributed by atoms with Crippen LogP contribution in [0.3, 0.4) is 0 Å². The van der Waals surface area contributed by atoms with Crippen molar-refractivity contribution in [3.05, 3.63) is 48.2 Å². The van der Waals surface area contributed by atoms with E-state index in [-0.39, 0.29) is 6.03 Å². The molecule has 25 heavy (non-hydrogen) atoms. The molecule has 1 N–H and O–H groups in total. The minimum atomic E-state index is -0.122. The van der Waals surface area contributed by atoms with Gasteiger partial charge in [0, 0.05) is 38.1 Å². The lowest BCUT2D eigenvalue weighted by molar-refractivity contribution is 0.208. The molecule has 0 spiro atoms. The summed E-state index contributed by atoms with van der Waals surface area (Å²) in [7, 11) is 1.61. The Morgan fingerprint density at radius 2 is 1.92 bits per heavy atom. The lowest BCUT2D eigenvalue weighted by Crippen LogP contribution is -2.50. The highest BCUT2D eigenvalue weighted by atomic mass is 16.5. The topological polar surface area (TPSA) is 81.5 Å². The van der Waals surface area contributed by atoms with E-state index in [0.29, 0.717) is 31.7 Å². The number of anilines is 2. The number of aromatic nitrogens is 1. The molecule has 128 valence electrons. The fourth-order valence-corrected chi connectivity index (χ4v) is 2.68. The third-order valence-electron chi connectivity index (χ3n) is 4.11. The van der Waals surface area contributed by atoms with Crippen molar-refractivity contribution in [1.82, 2.24) is 9.88 Å². The fourth-order valence-electron chi connectivity index (χ4n) is 2.68. The maximum Gasteiger partial charge on any atom is 0.321 e. The van der Waals surface area contributed by atoms with Crippen LogP contribution < -0.4 is 15.0 Å². The van der Waals surface area contributed by atoms with E-state index < -0.39 is 0 Å². The molecule has 0 bridgehead atoms. The molecule has 1 saturated heterocycles. The number of amides is 2. The molecular formula is C18H19N5O2. The second-order valence-electron chi connectivity index (χ2n) is 5.65. The van der Waals surface area contributed by atoms with Gasteiger partial charge in [-0.15, -0.1) is 0 Å². The molecule has 7 heteroatoms. The number of rotatable bonds is 3. The molecule has 0 aliphatic carbocycles. The lowest BCUT2D eigenvalue weighted by atomic mass is 10.2. The maximum atomic E-state index is 12.4. The number of nitriles is 1. The first-order chi connectivity index (χ1) is 12.2. The molecule has 0 unspecified atom stereocenters. The van der Waals surface area contributed by atoms with E-state index in [0.717, 1.165) is 17.3 Å². The number of carbonyl (C=O) groups excluding carboxylic acids is 1. The second kappa shape index (κ2) is 7.53. The van der Waals surface area contributed by atoms with Gasteiger partial charge in [-0.05, 0) is 36.4 Å². The van der Waals surface area contributed by atoms with Gasteiger partial charge in [0.1, 0.15) is 11.6 Å². The Morgan fingerprint density at radius 1 is 1.20 bits per heavy atom. The number of urea groups is 1. The number of pyridine rings is 1. The van der Waals surface area contributed by atoms with Crippen LogP contribution >= 0.6 is 0 Å². The van der Waals surface area contributed by atoms with Gasteiger partial charge < -0.3 is 19.9 Å². The quantitative estimate of drug-likeness (QED) is 0.929. The van der Waals surface area contributed by atoms with Crippen molar-refractivity contribution in [3.63, 3.8) is 0 Å². The van der Waals surface area contributed by atoms with Crippen molar-refractivity contribution in [2.24, 2.45) is 0 Å². The van der Waals surface area contributed by atoms with Crippen molar-refractivity contribution < 1.29 is 9.53 Å². The molecule has 0 radical (unpaired) electrons. The van der Waals surface area contributed by atoms with Crippen LogP contribution in [0.25, 0.3) is 0 Å². The summed E-state index contributed by atoms with van der Waals surface area (Å²) in [5, 5.41) is 11.9. The smallest absolute Gasteiger partial charge is 0.321 e. The van der Waals surface area contributed by atoms with E-state index in [2.05, 4.69) is 21.3 Å². The van der Waals surface area contributed by atoms with Crippen LogP contribution in [0.4, 0.5) is 16.3 Å². The van der Waals surface area contributed by atoms with Crippen molar-refractivity contribution in [2.75, 3.05) is 43.5 Å². The first-order valence-corrected chi connectivity index (χ1v) is 8.00. The van der Waals surface area contributed by atoms with Crippen molar-refractivity contribution in [2.45, 2.75) is 0 Å². The summed E-state index contributed by atoms with van der Waals surface area (Å²) in [6, 6.07) is 12.7. The van der Waals surface area contributed by atoms with Gasteiger partial charge in [-0.2, -0.15) is 5.26 Å². The molecule has 1 aromatic heterocycles. The lowest BCUT2D eigenvalue weighted by Gasteiger charge is -2.35. The monoisotopic (exact) mass is 337 g/mol. The van der Waals surface area contributed by atoms with Gasteiger partial charge in [-0.1, -0.05) is 0 Å². The highest BCUT2D eigenvalue weighted by Crippen LogP contribution is 2.17. The largest absolute Gasteiger partial charge is 0.497 e. The summed E-state index contributed by atoms with van der Waals surface area (Å²) < 4.78 is 5.11. The van der Waals surface area contributed by atoms with Crippen LogP contribution in [0.2, 0.25) is 0 Å². The molecule has 3 rings (SSSR count). The molecule has 2 amide bonds. The van der Waals surface area contributed by atoms with E-state index >= 15 is 0 Å². The maximum absolute atomic E-state index is 12.4. The van der Waals surface area contributed by atoms with Gasteiger partial charge in [-0.3, -0.25) is 0 Å². The van der Waals surface area contributed by atoms with E-state index in [1.807, 2.05) is 12.1 Å². The number of hydrogen-bond donors (Lipinski definition) is 1. The van der Waals surface area contributed by atoms with Crippen LogP contribution in [0.1, 0.15) is 5.56 Å². The van der Waals surface area contributed by atoms with Crippen LogP contribution in [-0.2, 0) is 0 Å². The van der Waals surface area contributed by atoms with Gasteiger partial charge in [0.15, 0.2) is 0 Å². The van der Waals surface area contributed by atoms with E-state index in [4.69, 9.17) is 10.00 Å². The molecular weight excluding hydrogens is 318 g/mol. The van der Waals surface area contributed by atoms with Gasteiger partial charge in [0.05, 0.1) is 18.7 Å². The summed E-state index contributed by atoms with van der Waals surface area (Å²) in [6.07, 6.45) is 1.64. The number of hydrogen-bond acceptors (Lipinski definition) is 5. The normalized spacial score (nSPS) is 13.9. The minimum Gasteiger partial charge on any atom is -0.497 e. The van der Waals surface area contributed by atoms with E-state index in [9.17, 15) is 4.79 Å². The Hall–Kier alpha value is -3.27. The number of nitrogens with one attached hydrogen (secondary N) is 1. The zero-order valence-electron chi connectivity index (χ0n) is 14.0. The Kier molecular flexibility index (Phi) is 5.00. The molecule has 0 atom stereocenters. The molecule has 1 aromatic carbocycles. The number of methoxy groups -OCH3 is 1. The van der Waals surface area contributed by atoms with E-state index in [1.54, 1.807) is 42.5 Å². The summed E-state index contributed by atoms with van der Waals surface area (Å²) in [6.45, 7) is 2.55. The second-order valence-corrected chi connectivity index (χ2v) is 5.65. The van der Waals surface area contributed by atoms with Crippen LogP contribution in [0.5, 0.6) is 5.75 Å². The predicted molar refractivity (Wildman–Crippen MR) is 94.8 cm³/mol. The van der Waals surface area contributed by atoms with Crippen LogP contribution in [0.15, 0.2) is 42.6 Å². The number of ether oxygens (including phenoxy) is 1. The van der Waals surface area contributed by atoms with Crippen LogP contribution in [0, 0.1) is 11.3 Å². The van der Waals surface area contributed by atoms with Gasteiger partial charge >= 0.3 is 6.03 Å². The average Bonchev–Trinajstić information content (AvgIpc) is 2.68. The van der Waals surface area contributed by atoms with Gasteiger partial charge in [-0.25, -0.2) is 9.78 Å². The molecule has 2 heterocycles. The first kappa shape index (κ1) is 16.6. The molecule has 1 fully saturated rings. The molecule has 7 nitrogen and oxygen atoms in total. The Labute approximate surface area is 146 Å². The Morgan fingerprint density at radius 3 is 2.56 bits per heavy atom. The number of nitrogens with zero attached hydrogens (tertiary/aromatic N) is 4. The SMILES string of the molecule is COc1ccc(NC(=O)N2CCN(c3cc(C#N)ccn3)CC2)cc1. The number of piperazine rings is 1. The first-order valence-electron chi connectivity index (χ1n) is 8.00. The summed E-state index contributed by atoms with van der Waals surface area (Å²) >= 11 is 0. The minimum absolute atomic E-state index is 0.122.